The van der Waals surface area contributed by atoms with Crippen LogP contribution in [0.4, 0.5) is 4.39 Å². The number of rotatable bonds is 5. The fraction of sp³-hybridized carbons (Fsp3) is 0.579. The minimum Gasteiger partial charge on any atom is -0.380 e. The van der Waals surface area contributed by atoms with Crippen molar-refractivity contribution in [3.63, 3.8) is 0 Å². The summed E-state index contributed by atoms with van der Waals surface area (Å²) in [7, 11) is 0. The first-order chi connectivity index (χ1) is 11.3. The second kappa shape index (κ2) is 7.43. The van der Waals surface area contributed by atoms with Gasteiger partial charge in [-0.15, -0.1) is 0 Å². The molecule has 0 aromatic heterocycles. The molecule has 0 bridgehead atoms. The Hall–Kier alpha value is -1.75. The zero-order valence-electron chi connectivity index (χ0n) is 14.5. The molecule has 1 aromatic carbocycles. The quantitative estimate of drug-likeness (QED) is 0.813. The van der Waals surface area contributed by atoms with Crippen molar-refractivity contribution >= 4 is 11.7 Å². The standard InChI is InChI=1S/C19H26FNO3/c1-12(2)15-9-8-13(3)10-19(15,24)18(23)21-11-17(22)14-6-4-5-7-16(14)20/h4-7,12-13,15,24H,8-11H2,1-3H3,(H,21,23)/t13?,15?,19-/m1/s1. The van der Waals surface area contributed by atoms with Crippen LogP contribution in [0.5, 0.6) is 0 Å². The largest absolute Gasteiger partial charge is 0.380 e. The number of nitrogens with one attached hydrogen (secondary N) is 1. The first kappa shape index (κ1) is 18.6. The van der Waals surface area contributed by atoms with E-state index in [4.69, 9.17) is 0 Å². The summed E-state index contributed by atoms with van der Waals surface area (Å²) in [5, 5.41) is 13.5. The Balaban J connectivity index is 2.07. The molecule has 5 heteroatoms. The highest BCUT2D eigenvalue weighted by atomic mass is 19.1. The number of hydrogen-bond acceptors (Lipinski definition) is 3. The van der Waals surface area contributed by atoms with Gasteiger partial charge in [-0.1, -0.05) is 39.3 Å². The molecule has 2 unspecified atom stereocenters. The molecule has 1 aliphatic rings. The van der Waals surface area contributed by atoms with E-state index in [1.54, 1.807) is 6.07 Å². The Morgan fingerprint density at radius 3 is 2.62 bits per heavy atom. The van der Waals surface area contributed by atoms with Crippen LogP contribution in [-0.4, -0.2) is 28.9 Å². The van der Waals surface area contributed by atoms with Crippen LogP contribution in [0.1, 0.15) is 50.4 Å². The predicted molar refractivity (Wildman–Crippen MR) is 90.0 cm³/mol. The molecule has 3 atom stereocenters. The summed E-state index contributed by atoms with van der Waals surface area (Å²) < 4.78 is 13.6. The fourth-order valence-electron chi connectivity index (χ4n) is 3.73. The van der Waals surface area contributed by atoms with Gasteiger partial charge in [0.25, 0.3) is 5.91 Å². The van der Waals surface area contributed by atoms with Crippen molar-refractivity contribution in [3.05, 3.63) is 35.6 Å². The molecule has 2 rings (SSSR count). The number of aliphatic hydroxyl groups is 1. The Labute approximate surface area is 142 Å². The second-order valence-corrected chi connectivity index (χ2v) is 7.25. The molecule has 0 spiro atoms. The number of carbonyl (C=O) groups is 2. The molecule has 1 amide bonds. The van der Waals surface area contributed by atoms with Crippen LogP contribution >= 0.6 is 0 Å². The first-order valence-electron chi connectivity index (χ1n) is 8.54. The van der Waals surface area contributed by atoms with Gasteiger partial charge in [0.05, 0.1) is 12.1 Å². The van der Waals surface area contributed by atoms with Gasteiger partial charge in [0.15, 0.2) is 5.78 Å². The average Bonchev–Trinajstić information content (AvgIpc) is 2.52. The van der Waals surface area contributed by atoms with Crippen LogP contribution in [0.2, 0.25) is 0 Å². The van der Waals surface area contributed by atoms with Gasteiger partial charge < -0.3 is 10.4 Å². The minimum absolute atomic E-state index is 0.0535. The minimum atomic E-state index is -1.47. The Kier molecular flexibility index (Phi) is 5.75. The predicted octanol–water partition coefficient (Wildman–Crippen LogP) is 2.95. The SMILES string of the molecule is CC1CCC(C(C)C)[C@@](O)(C(=O)NCC(=O)c2ccccc2F)C1. The van der Waals surface area contributed by atoms with Crippen LogP contribution in [0.15, 0.2) is 24.3 Å². The summed E-state index contributed by atoms with van der Waals surface area (Å²) in [5.74, 6) is -1.37. The molecule has 1 fully saturated rings. The fourth-order valence-corrected chi connectivity index (χ4v) is 3.73. The van der Waals surface area contributed by atoms with Gasteiger partial charge in [0.2, 0.25) is 0 Å². The van der Waals surface area contributed by atoms with Gasteiger partial charge in [-0.05, 0) is 42.7 Å². The highest BCUT2D eigenvalue weighted by molar-refractivity contribution is 6.00. The summed E-state index contributed by atoms with van der Waals surface area (Å²) in [6.45, 7) is 5.67. The third kappa shape index (κ3) is 3.83. The molecular weight excluding hydrogens is 309 g/mol. The second-order valence-electron chi connectivity index (χ2n) is 7.25. The Bertz CT molecular complexity index is 616. The molecule has 2 N–H and O–H groups in total. The molecule has 1 saturated carbocycles. The molecule has 132 valence electrons. The van der Waals surface area contributed by atoms with Gasteiger partial charge in [-0.2, -0.15) is 0 Å². The summed E-state index contributed by atoms with van der Waals surface area (Å²) in [6.07, 6.45) is 2.15. The van der Waals surface area contributed by atoms with Crippen molar-refractivity contribution in [1.82, 2.24) is 5.32 Å². The lowest BCUT2D eigenvalue weighted by Crippen LogP contribution is -2.57. The lowest BCUT2D eigenvalue weighted by atomic mass is 9.66. The summed E-state index contributed by atoms with van der Waals surface area (Å²) in [4.78, 5) is 24.7. The highest BCUT2D eigenvalue weighted by Gasteiger charge is 2.48. The van der Waals surface area contributed by atoms with Gasteiger partial charge in [0, 0.05) is 0 Å². The molecule has 1 aliphatic carbocycles. The van der Waals surface area contributed by atoms with Crippen LogP contribution in [-0.2, 0) is 4.79 Å². The van der Waals surface area contributed by atoms with E-state index in [2.05, 4.69) is 5.32 Å². The van der Waals surface area contributed by atoms with Crippen molar-refractivity contribution < 1.29 is 19.1 Å². The smallest absolute Gasteiger partial charge is 0.252 e. The molecule has 0 heterocycles. The zero-order valence-corrected chi connectivity index (χ0v) is 14.5. The lowest BCUT2D eigenvalue weighted by Gasteiger charge is -2.43. The van der Waals surface area contributed by atoms with Crippen molar-refractivity contribution in [2.45, 2.75) is 45.6 Å². The van der Waals surface area contributed by atoms with E-state index < -0.39 is 23.1 Å². The maximum absolute atomic E-state index is 13.6. The summed E-state index contributed by atoms with van der Waals surface area (Å²) in [6, 6.07) is 5.67. The van der Waals surface area contributed by atoms with Crippen molar-refractivity contribution in [2.75, 3.05) is 6.54 Å². The molecule has 0 radical (unpaired) electrons. The summed E-state index contributed by atoms with van der Waals surface area (Å²) in [5.41, 5.74) is -1.52. The number of Topliss-reactive ketones (excluding diaryl/α,β-unsaturated/α-hetero) is 1. The van der Waals surface area contributed by atoms with Crippen molar-refractivity contribution in [3.8, 4) is 0 Å². The third-order valence-corrected chi connectivity index (χ3v) is 5.03. The van der Waals surface area contributed by atoms with Gasteiger partial charge in [-0.25, -0.2) is 4.39 Å². The van der Waals surface area contributed by atoms with Gasteiger partial charge in [-0.3, -0.25) is 9.59 Å². The number of halogens is 1. The van der Waals surface area contributed by atoms with Crippen LogP contribution in [0, 0.1) is 23.6 Å². The van der Waals surface area contributed by atoms with Gasteiger partial charge >= 0.3 is 0 Å². The number of hydrogen-bond donors (Lipinski definition) is 2. The Morgan fingerprint density at radius 1 is 1.33 bits per heavy atom. The molecule has 0 saturated heterocycles. The monoisotopic (exact) mass is 335 g/mol. The summed E-state index contributed by atoms with van der Waals surface area (Å²) >= 11 is 0. The number of carbonyl (C=O) groups excluding carboxylic acids is 2. The number of benzene rings is 1. The topological polar surface area (TPSA) is 66.4 Å². The van der Waals surface area contributed by atoms with Crippen molar-refractivity contribution in [2.24, 2.45) is 17.8 Å². The van der Waals surface area contributed by atoms with E-state index in [0.29, 0.717) is 6.42 Å². The van der Waals surface area contributed by atoms with Crippen LogP contribution in [0.3, 0.4) is 0 Å². The van der Waals surface area contributed by atoms with E-state index in [1.807, 2.05) is 20.8 Å². The maximum Gasteiger partial charge on any atom is 0.252 e. The third-order valence-electron chi connectivity index (χ3n) is 5.03. The highest BCUT2D eigenvalue weighted by Crippen LogP contribution is 2.41. The van der Waals surface area contributed by atoms with E-state index >= 15 is 0 Å². The Morgan fingerprint density at radius 2 is 2.00 bits per heavy atom. The van der Waals surface area contributed by atoms with E-state index in [9.17, 15) is 19.1 Å². The molecule has 4 nitrogen and oxygen atoms in total. The average molecular weight is 335 g/mol. The zero-order chi connectivity index (χ0) is 17.9. The van der Waals surface area contributed by atoms with Crippen LogP contribution < -0.4 is 5.32 Å². The van der Waals surface area contributed by atoms with E-state index in [-0.39, 0.29) is 29.9 Å². The number of amides is 1. The molecule has 24 heavy (non-hydrogen) atoms. The molecule has 0 aliphatic heterocycles. The van der Waals surface area contributed by atoms with Gasteiger partial charge in [0.1, 0.15) is 11.4 Å². The number of ketones is 1. The normalized spacial score (nSPS) is 27.1. The maximum atomic E-state index is 13.6. The van der Waals surface area contributed by atoms with E-state index in [0.717, 1.165) is 12.8 Å². The van der Waals surface area contributed by atoms with E-state index in [1.165, 1.54) is 18.2 Å². The molecular formula is C19H26FNO3. The van der Waals surface area contributed by atoms with Crippen LogP contribution in [0.25, 0.3) is 0 Å². The first-order valence-corrected chi connectivity index (χ1v) is 8.54. The van der Waals surface area contributed by atoms with Crippen molar-refractivity contribution in [1.29, 1.82) is 0 Å². The lowest BCUT2D eigenvalue weighted by molar-refractivity contribution is -0.155. The molecule has 1 aromatic rings.